The van der Waals surface area contributed by atoms with Crippen LogP contribution in [-0.2, 0) is 0 Å². The van der Waals surface area contributed by atoms with Gasteiger partial charge in [0.15, 0.2) is 0 Å². The minimum Gasteiger partial charge on any atom is -0.309 e. The second-order valence-corrected chi connectivity index (χ2v) is 27.0. The minimum absolute atomic E-state index is 1.16. The molecule has 0 aliphatic carbocycles. The first kappa shape index (κ1) is 59.9. The van der Waals surface area contributed by atoms with Crippen LogP contribution >= 0.6 is 0 Å². The molecule has 0 aliphatic rings. The lowest BCUT2D eigenvalue weighted by Gasteiger charge is -2.11. The molecule has 4 heteroatoms. The topological polar surface area (TPSA) is 19.7 Å². The highest BCUT2D eigenvalue weighted by atomic mass is 15.0. The number of nitrogens with zero attached hydrogens (tertiary/aromatic N) is 4. The maximum atomic E-state index is 2.40. The van der Waals surface area contributed by atoms with Crippen LogP contribution in [0, 0.1) is 13.8 Å². The Labute approximate surface area is 592 Å². The molecule has 20 rings (SSSR count). The number of aryl methyl sites for hydroxylation is 2. The summed E-state index contributed by atoms with van der Waals surface area (Å²) in [6.07, 6.45) is 0. The fourth-order valence-electron chi connectivity index (χ4n) is 15.8. The highest BCUT2D eigenvalue weighted by molar-refractivity contribution is 6.15. The van der Waals surface area contributed by atoms with Crippen LogP contribution in [0.15, 0.2) is 376 Å². The first-order valence-electron chi connectivity index (χ1n) is 35.2. The van der Waals surface area contributed by atoms with Crippen LogP contribution < -0.4 is 0 Å². The highest BCUT2D eigenvalue weighted by Crippen LogP contribution is 2.42. The molecule has 4 aromatic heterocycles. The lowest BCUT2D eigenvalue weighted by Crippen LogP contribution is -1.94. The van der Waals surface area contributed by atoms with E-state index in [9.17, 15) is 0 Å². The molecule has 0 aliphatic heterocycles. The Kier molecular flexibility index (Phi) is 14.6. The van der Waals surface area contributed by atoms with Crippen molar-refractivity contribution in [2.45, 2.75) is 13.8 Å². The second kappa shape index (κ2) is 24.9. The van der Waals surface area contributed by atoms with Crippen molar-refractivity contribution in [3.8, 4) is 89.5 Å². The smallest absolute Gasteiger partial charge is 0.0541 e. The fraction of sp³-hybridized carbons (Fsp3) is 0.0204. The molecule has 0 atom stereocenters. The van der Waals surface area contributed by atoms with Gasteiger partial charge in [0, 0.05) is 65.8 Å². The van der Waals surface area contributed by atoms with E-state index in [1.54, 1.807) is 0 Å². The maximum Gasteiger partial charge on any atom is 0.0541 e. The molecule has 0 N–H and O–H groups in total. The van der Waals surface area contributed by atoms with Crippen molar-refractivity contribution in [3.05, 3.63) is 387 Å². The Balaban J connectivity index is 0.000000141. The molecule has 0 fully saturated rings. The third-order valence-electron chi connectivity index (χ3n) is 20.8. The molecule has 102 heavy (non-hydrogen) atoms. The van der Waals surface area contributed by atoms with Crippen molar-refractivity contribution < 1.29 is 0 Å². The Hall–Kier alpha value is -13.3. The lowest BCUT2D eigenvalue weighted by atomic mass is 10.0. The largest absolute Gasteiger partial charge is 0.309 e. The zero-order valence-electron chi connectivity index (χ0n) is 56.6. The van der Waals surface area contributed by atoms with E-state index in [2.05, 4.69) is 408 Å². The molecule has 4 heterocycles. The molecule has 0 amide bonds. The fourth-order valence-corrected chi connectivity index (χ4v) is 15.8. The molecule has 0 unspecified atom stereocenters. The van der Waals surface area contributed by atoms with Crippen LogP contribution in [0.2, 0.25) is 0 Å². The van der Waals surface area contributed by atoms with E-state index >= 15 is 0 Å². The van der Waals surface area contributed by atoms with Crippen molar-refractivity contribution in [1.29, 1.82) is 0 Å². The van der Waals surface area contributed by atoms with Gasteiger partial charge in [0.1, 0.15) is 0 Å². The molecule has 20 aromatic rings. The number of para-hydroxylation sites is 4. The molecule has 4 nitrogen and oxygen atoms in total. The molecular weight excluding hydrogens is 1230 g/mol. The van der Waals surface area contributed by atoms with E-state index in [-0.39, 0.29) is 0 Å². The number of fused-ring (bicyclic) bond motifs is 12. The van der Waals surface area contributed by atoms with Gasteiger partial charge in [-0.2, -0.15) is 0 Å². The van der Waals surface area contributed by atoms with Gasteiger partial charge in [-0.1, -0.05) is 266 Å². The van der Waals surface area contributed by atoms with Crippen molar-refractivity contribution in [1.82, 2.24) is 18.3 Å². The molecule has 0 spiro atoms. The van der Waals surface area contributed by atoms with Gasteiger partial charge in [-0.25, -0.2) is 0 Å². The first-order chi connectivity index (χ1) is 50.4. The highest BCUT2D eigenvalue weighted by Gasteiger charge is 2.20. The Morgan fingerprint density at radius 1 is 0.137 bits per heavy atom. The number of rotatable bonds is 10. The third kappa shape index (κ3) is 10.5. The quantitative estimate of drug-likeness (QED) is 0.130. The zero-order valence-corrected chi connectivity index (χ0v) is 56.6. The van der Waals surface area contributed by atoms with Crippen molar-refractivity contribution in [2.75, 3.05) is 0 Å². The zero-order chi connectivity index (χ0) is 67.8. The van der Waals surface area contributed by atoms with E-state index in [1.165, 1.54) is 165 Å². The van der Waals surface area contributed by atoms with Crippen LogP contribution in [0.4, 0.5) is 0 Å². The maximum absolute atomic E-state index is 2.40. The van der Waals surface area contributed by atoms with Gasteiger partial charge in [0.25, 0.3) is 0 Å². The van der Waals surface area contributed by atoms with Gasteiger partial charge in [-0.05, 0) is 202 Å². The second-order valence-electron chi connectivity index (χ2n) is 27.0. The number of aromatic nitrogens is 4. The number of hydrogen-bond donors (Lipinski definition) is 0. The summed E-state index contributed by atoms with van der Waals surface area (Å²) in [6.45, 7) is 4.27. The van der Waals surface area contributed by atoms with Gasteiger partial charge in [0.2, 0.25) is 0 Å². The van der Waals surface area contributed by atoms with E-state index in [0.29, 0.717) is 0 Å². The van der Waals surface area contributed by atoms with Gasteiger partial charge in [-0.3, -0.25) is 0 Å². The SMILES string of the molecule is Cc1ccc(-c2ccc(-n3c4ccccc4c4cc(-c5ccc6c(c5)c5ccccc5n6-c5ccc(-c6ccccc6)cc5)ccc43)cc2)cc1.Cc1cccc(-c2ccc(-n3c4ccccc4c4cc(-c5ccc6c(c5)c5ccccc5n6-c5ccc(-c6ccccc6)cc5)ccc43)cc2)c1. The van der Waals surface area contributed by atoms with Gasteiger partial charge in [0.05, 0.1) is 44.1 Å². The Bertz CT molecular complexity index is 6570. The molecule has 16 aromatic carbocycles. The molecule has 0 bridgehead atoms. The van der Waals surface area contributed by atoms with Crippen LogP contribution in [0.5, 0.6) is 0 Å². The predicted octanol–water partition coefficient (Wildman–Crippen LogP) is 26.4. The van der Waals surface area contributed by atoms with E-state index in [1.807, 2.05) is 0 Å². The van der Waals surface area contributed by atoms with Crippen LogP contribution in [-0.4, -0.2) is 18.3 Å². The van der Waals surface area contributed by atoms with Crippen molar-refractivity contribution in [3.63, 3.8) is 0 Å². The minimum atomic E-state index is 1.16. The number of hydrogen-bond acceptors (Lipinski definition) is 0. The Morgan fingerprint density at radius 2 is 0.353 bits per heavy atom. The standard InChI is InChI=1S/2C49H34N2/c1-33-10-9-13-37(30-33)36-20-26-41(27-21-36)51-47-17-8-6-15-43(47)45-32-39(23-29-49(45)51)38-22-28-48-44(31-38)42-14-5-7-16-46(42)50(48)40-24-18-35(19-25-40)34-11-3-2-4-12-34;1-33-15-17-35(18-16-33)37-21-27-41(28-22-37)51-47-14-8-6-12-43(47)45-32-39(24-30-49(45)51)38-23-29-48-44(31-38)42-11-5-7-13-46(42)50(48)40-25-19-36(20-26-40)34-9-3-2-4-10-34/h2*2-32H,1H3. The molecule has 0 saturated heterocycles. The van der Waals surface area contributed by atoms with Crippen LogP contribution in [0.1, 0.15) is 11.1 Å². The summed E-state index contributed by atoms with van der Waals surface area (Å²) in [5.41, 5.74) is 31.6. The van der Waals surface area contributed by atoms with Crippen molar-refractivity contribution >= 4 is 87.2 Å². The molecule has 0 saturated carbocycles. The summed E-state index contributed by atoms with van der Waals surface area (Å²) < 4.78 is 9.58. The van der Waals surface area contributed by atoms with Gasteiger partial charge >= 0.3 is 0 Å². The van der Waals surface area contributed by atoms with E-state index in [4.69, 9.17) is 0 Å². The summed E-state index contributed by atoms with van der Waals surface area (Å²) in [6, 6.07) is 137. The summed E-state index contributed by atoms with van der Waals surface area (Å²) >= 11 is 0. The normalized spacial score (nSPS) is 11.6. The molecule has 480 valence electrons. The monoisotopic (exact) mass is 1300 g/mol. The number of benzene rings is 16. The average molecular weight is 1300 g/mol. The summed E-state index contributed by atoms with van der Waals surface area (Å²) in [7, 11) is 0. The predicted molar refractivity (Wildman–Crippen MR) is 432 cm³/mol. The van der Waals surface area contributed by atoms with Crippen LogP contribution in [0.25, 0.3) is 177 Å². The van der Waals surface area contributed by atoms with E-state index < -0.39 is 0 Å². The Morgan fingerprint density at radius 3 is 0.647 bits per heavy atom. The van der Waals surface area contributed by atoms with Crippen molar-refractivity contribution in [2.24, 2.45) is 0 Å². The first-order valence-corrected chi connectivity index (χ1v) is 35.2. The van der Waals surface area contributed by atoms with Gasteiger partial charge < -0.3 is 18.3 Å². The van der Waals surface area contributed by atoms with E-state index in [0.717, 1.165) is 22.7 Å². The lowest BCUT2D eigenvalue weighted by molar-refractivity contribution is 1.18. The molecule has 0 radical (unpaired) electrons. The molecular formula is C98H68N4. The third-order valence-corrected chi connectivity index (χ3v) is 20.8. The summed E-state index contributed by atoms with van der Waals surface area (Å²) in [4.78, 5) is 0. The average Bonchev–Trinajstić information content (AvgIpc) is 1.60. The van der Waals surface area contributed by atoms with Crippen LogP contribution in [0.3, 0.4) is 0 Å². The summed E-state index contributed by atoms with van der Waals surface area (Å²) in [5, 5.41) is 10.1. The summed E-state index contributed by atoms with van der Waals surface area (Å²) in [5.74, 6) is 0. The van der Waals surface area contributed by atoms with Gasteiger partial charge in [-0.15, -0.1) is 0 Å².